The third kappa shape index (κ3) is 3.14. The molecular formula is C18H16F2N2OS. The fourth-order valence-electron chi connectivity index (χ4n) is 2.47. The summed E-state index contributed by atoms with van der Waals surface area (Å²) in [6, 6.07) is 16.3. The summed E-state index contributed by atoms with van der Waals surface area (Å²) in [5, 5.41) is 4.10. The van der Waals surface area contributed by atoms with Crippen molar-refractivity contribution in [2.24, 2.45) is 0 Å². The van der Waals surface area contributed by atoms with Crippen LogP contribution in [0.4, 0.5) is 8.78 Å². The number of rotatable bonds is 5. The van der Waals surface area contributed by atoms with E-state index in [0.717, 1.165) is 10.5 Å². The molecule has 0 unspecified atom stereocenters. The van der Waals surface area contributed by atoms with Crippen molar-refractivity contribution in [1.29, 1.82) is 0 Å². The van der Waals surface area contributed by atoms with E-state index in [9.17, 15) is 8.78 Å². The Bertz CT molecular complexity index is 831. The van der Waals surface area contributed by atoms with Gasteiger partial charge in [-0.3, -0.25) is 0 Å². The third-order valence-corrected chi connectivity index (χ3v) is 4.45. The Hall–Kier alpha value is -2.34. The fourth-order valence-corrected chi connectivity index (χ4v) is 3.08. The topological polar surface area (TPSA) is 27.1 Å². The predicted octanol–water partition coefficient (Wildman–Crippen LogP) is 5.21. The summed E-state index contributed by atoms with van der Waals surface area (Å²) in [7, 11) is 1.58. The van der Waals surface area contributed by atoms with Crippen molar-refractivity contribution in [2.75, 3.05) is 13.4 Å². The molecule has 0 atom stereocenters. The van der Waals surface area contributed by atoms with Crippen LogP contribution in [-0.4, -0.2) is 23.1 Å². The van der Waals surface area contributed by atoms with Gasteiger partial charge in [-0.2, -0.15) is 5.10 Å². The molecule has 0 amide bonds. The zero-order valence-electron chi connectivity index (χ0n) is 13.2. The molecule has 0 bridgehead atoms. The lowest BCUT2D eigenvalue weighted by molar-refractivity contribution is 0.145. The smallest absolute Gasteiger partial charge is 0.282 e. The second-order valence-corrected chi connectivity index (χ2v) is 5.91. The van der Waals surface area contributed by atoms with Crippen molar-refractivity contribution in [1.82, 2.24) is 9.78 Å². The molecule has 0 radical (unpaired) electrons. The van der Waals surface area contributed by atoms with Crippen LogP contribution in [0.15, 0.2) is 59.5 Å². The fraction of sp³-hybridized carbons (Fsp3) is 0.167. The summed E-state index contributed by atoms with van der Waals surface area (Å²) in [5.41, 5.74) is 1.98. The van der Waals surface area contributed by atoms with Gasteiger partial charge < -0.3 is 4.74 Å². The molecule has 6 heteroatoms. The first-order chi connectivity index (χ1) is 11.6. The number of nitrogens with zero attached hydrogens (tertiary/aromatic N) is 2. The summed E-state index contributed by atoms with van der Waals surface area (Å²) >= 11 is 1.57. The first kappa shape index (κ1) is 16.5. The van der Waals surface area contributed by atoms with E-state index >= 15 is 0 Å². The van der Waals surface area contributed by atoms with Gasteiger partial charge in [-0.15, -0.1) is 11.8 Å². The Kier molecular flexibility index (Phi) is 4.85. The van der Waals surface area contributed by atoms with Crippen LogP contribution < -0.4 is 4.74 Å². The number of benzene rings is 2. The number of thioether (sulfide) groups is 1. The van der Waals surface area contributed by atoms with E-state index in [1.54, 1.807) is 47.8 Å². The Morgan fingerprint density at radius 3 is 2.42 bits per heavy atom. The zero-order chi connectivity index (χ0) is 17.1. The first-order valence-corrected chi connectivity index (χ1v) is 8.52. The highest BCUT2D eigenvalue weighted by Gasteiger charge is 2.19. The summed E-state index contributed by atoms with van der Waals surface area (Å²) in [4.78, 5) is 1.01. The van der Waals surface area contributed by atoms with E-state index in [2.05, 4.69) is 5.10 Å². The second-order valence-electron chi connectivity index (χ2n) is 5.07. The Morgan fingerprint density at radius 1 is 1.08 bits per heavy atom. The Labute approximate surface area is 143 Å². The Balaban J connectivity index is 2.17. The highest BCUT2D eigenvalue weighted by atomic mass is 32.2. The molecule has 0 saturated carbocycles. The molecule has 2 aromatic carbocycles. The quantitative estimate of drug-likeness (QED) is 0.594. The largest absolute Gasteiger partial charge is 0.497 e. The summed E-state index contributed by atoms with van der Waals surface area (Å²) in [6.07, 6.45) is -0.661. The van der Waals surface area contributed by atoms with Crippen molar-refractivity contribution in [3.05, 3.63) is 60.3 Å². The summed E-state index contributed by atoms with van der Waals surface area (Å²) in [6.45, 7) is 0. The number of aromatic nitrogens is 2. The minimum atomic E-state index is -2.62. The third-order valence-electron chi connectivity index (χ3n) is 3.65. The van der Waals surface area contributed by atoms with Crippen LogP contribution in [0.3, 0.4) is 0 Å². The number of methoxy groups -OCH3 is 1. The van der Waals surface area contributed by atoms with Crippen LogP contribution in [0.5, 0.6) is 5.75 Å². The van der Waals surface area contributed by atoms with E-state index in [4.69, 9.17) is 4.74 Å². The first-order valence-electron chi connectivity index (χ1n) is 7.30. The average Bonchev–Trinajstić information content (AvgIpc) is 3.07. The van der Waals surface area contributed by atoms with E-state index in [0.29, 0.717) is 17.1 Å². The molecule has 0 N–H and O–H groups in total. The molecule has 24 heavy (non-hydrogen) atoms. The highest BCUT2D eigenvalue weighted by Crippen LogP contribution is 2.34. The van der Waals surface area contributed by atoms with Crippen molar-refractivity contribution in [3.8, 4) is 22.7 Å². The van der Waals surface area contributed by atoms with Crippen LogP contribution in [0.2, 0.25) is 0 Å². The number of halogens is 2. The Morgan fingerprint density at radius 2 is 1.79 bits per heavy atom. The van der Waals surface area contributed by atoms with Gasteiger partial charge in [0.1, 0.15) is 11.4 Å². The molecule has 124 valence electrons. The van der Waals surface area contributed by atoms with Gasteiger partial charge in [-0.05, 0) is 42.7 Å². The van der Waals surface area contributed by atoms with Gasteiger partial charge in [0.2, 0.25) is 0 Å². The number of alkyl halides is 2. The lowest BCUT2D eigenvalue weighted by Gasteiger charge is -2.11. The van der Waals surface area contributed by atoms with Crippen molar-refractivity contribution < 1.29 is 13.5 Å². The molecule has 1 aromatic heterocycles. The van der Waals surface area contributed by atoms with Gasteiger partial charge >= 0.3 is 0 Å². The van der Waals surface area contributed by atoms with Crippen LogP contribution in [0.25, 0.3) is 16.9 Å². The molecule has 3 aromatic rings. The number of ether oxygens (including phenoxy) is 1. The maximum atomic E-state index is 13.2. The lowest BCUT2D eigenvalue weighted by atomic mass is 10.1. The summed E-state index contributed by atoms with van der Waals surface area (Å²) < 4.78 is 33.1. The predicted molar refractivity (Wildman–Crippen MR) is 92.3 cm³/mol. The normalized spacial score (nSPS) is 11.0. The minimum absolute atomic E-state index is 0.239. The maximum absolute atomic E-state index is 13.2. The van der Waals surface area contributed by atoms with Crippen LogP contribution in [0, 0.1) is 0 Å². The highest BCUT2D eigenvalue weighted by molar-refractivity contribution is 7.98. The summed E-state index contributed by atoms with van der Waals surface area (Å²) in [5.74, 6) is 0.700. The van der Waals surface area contributed by atoms with Crippen LogP contribution in [-0.2, 0) is 0 Å². The van der Waals surface area contributed by atoms with Gasteiger partial charge in [0.25, 0.3) is 6.43 Å². The molecular weight excluding hydrogens is 330 g/mol. The lowest BCUT2D eigenvalue weighted by Crippen LogP contribution is -2.00. The van der Waals surface area contributed by atoms with E-state index in [1.165, 1.54) is 6.07 Å². The van der Waals surface area contributed by atoms with Crippen LogP contribution in [0.1, 0.15) is 12.1 Å². The molecule has 0 aliphatic carbocycles. The van der Waals surface area contributed by atoms with Gasteiger partial charge in [0.05, 0.1) is 18.5 Å². The van der Waals surface area contributed by atoms with Gasteiger partial charge in [0, 0.05) is 10.5 Å². The van der Waals surface area contributed by atoms with Crippen molar-refractivity contribution in [3.63, 3.8) is 0 Å². The molecule has 3 nitrogen and oxygen atoms in total. The van der Waals surface area contributed by atoms with Gasteiger partial charge in [-0.25, -0.2) is 13.5 Å². The monoisotopic (exact) mass is 346 g/mol. The standard InChI is InChI=1S/C18H16F2N2OS/c1-23-13-9-7-12(8-10-13)22-16(11-15(21-22)18(19)20)14-5-3-4-6-17(14)24-2/h3-11,18H,1-2H3. The van der Waals surface area contributed by atoms with Crippen LogP contribution >= 0.6 is 11.8 Å². The number of hydrogen-bond acceptors (Lipinski definition) is 3. The second kappa shape index (κ2) is 7.05. The molecule has 0 aliphatic rings. The van der Waals surface area contributed by atoms with Crippen molar-refractivity contribution >= 4 is 11.8 Å². The van der Waals surface area contributed by atoms with E-state index in [1.807, 2.05) is 30.5 Å². The molecule has 0 aliphatic heterocycles. The SMILES string of the molecule is COc1ccc(-n2nc(C(F)F)cc2-c2ccccc2SC)cc1. The minimum Gasteiger partial charge on any atom is -0.497 e. The molecule has 1 heterocycles. The molecule has 3 rings (SSSR count). The molecule has 0 spiro atoms. The molecule has 0 fully saturated rings. The van der Waals surface area contributed by atoms with Crippen molar-refractivity contribution in [2.45, 2.75) is 11.3 Å². The number of hydrogen-bond donors (Lipinski definition) is 0. The van der Waals surface area contributed by atoms with E-state index < -0.39 is 6.43 Å². The molecule has 0 saturated heterocycles. The zero-order valence-corrected chi connectivity index (χ0v) is 14.1. The average molecular weight is 346 g/mol. The van der Waals surface area contributed by atoms with Gasteiger partial charge in [-0.1, -0.05) is 18.2 Å². The maximum Gasteiger partial charge on any atom is 0.282 e. The van der Waals surface area contributed by atoms with Gasteiger partial charge in [0.15, 0.2) is 0 Å². The van der Waals surface area contributed by atoms with E-state index in [-0.39, 0.29) is 5.69 Å².